The molecule has 2 aromatic rings. The topological polar surface area (TPSA) is 26.0 Å². The van der Waals surface area contributed by atoms with Crippen LogP contribution in [-0.4, -0.2) is 0 Å². The molecule has 0 unspecified atom stereocenters. The minimum atomic E-state index is -0.206. The number of nitrogen functional groups attached to an aromatic ring is 1. The first kappa shape index (κ1) is 10.7. The van der Waals surface area contributed by atoms with Gasteiger partial charge in [-0.05, 0) is 60.4 Å². The molecule has 2 heteroatoms. The first-order valence-corrected chi connectivity index (χ1v) is 5.20. The second-order valence-electron chi connectivity index (χ2n) is 4.03. The lowest BCUT2D eigenvalue weighted by Crippen LogP contribution is -1.91. The summed E-state index contributed by atoms with van der Waals surface area (Å²) in [6.07, 6.45) is 0. The van der Waals surface area contributed by atoms with Gasteiger partial charge in [0.05, 0.1) is 0 Å². The van der Waals surface area contributed by atoms with E-state index in [2.05, 4.69) is 0 Å². The smallest absolute Gasteiger partial charge is 0.123 e. The average molecular weight is 215 g/mol. The molecule has 1 nitrogen and oxygen atoms in total. The summed E-state index contributed by atoms with van der Waals surface area (Å²) >= 11 is 0. The number of benzene rings is 2. The standard InChI is InChI=1S/C14H14FN/c1-9-3-5-12(16)8-14(9)13-6-4-11(15)7-10(13)2/h3-8H,16H2,1-2H3. The molecule has 0 aliphatic rings. The summed E-state index contributed by atoms with van der Waals surface area (Å²) in [5.41, 5.74) is 10.7. The van der Waals surface area contributed by atoms with Gasteiger partial charge in [0.2, 0.25) is 0 Å². The van der Waals surface area contributed by atoms with E-state index in [4.69, 9.17) is 5.73 Å². The molecule has 0 atom stereocenters. The van der Waals surface area contributed by atoms with Crippen molar-refractivity contribution >= 4 is 5.69 Å². The molecular formula is C14H14FN. The number of anilines is 1. The summed E-state index contributed by atoms with van der Waals surface area (Å²) in [5.74, 6) is -0.206. The lowest BCUT2D eigenvalue weighted by molar-refractivity contribution is 0.627. The minimum Gasteiger partial charge on any atom is -0.399 e. The molecule has 0 saturated carbocycles. The third-order valence-electron chi connectivity index (χ3n) is 2.74. The normalized spacial score (nSPS) is 10.4. The fourth-order valence-electron chi connectivity index (χ4n) is 1.86. The predicted molar refractivity (Wildman–Crippen MR) is 65.7 cm³/mol. The first-order chi connectivity index (χ1) is 7.58. The Morgan fingerprint density at radius 3 is 2.31 bits per heavy atom. The maximum absolute atomic E-state index is 13.0. The molecule has 0 spiro atoms. The highest BCUT2D eigenvalue weighted by atomic mass is 19.1. The van der Waals surface area contributed by atoms with E-state index in [0.717, 1.165) is 27.9 Å². The second kappa shape index (κ2) is 3.97. The van der Waals surface area contributed by atoms with Gasteiger partial charge in [0, 0.05) is 5.69 Å². The zero-order valence-electron chi connectivity index (χ0n) is 9.42. The van der Waals surface area contributed by atoms with Gasteiger partial charge in [-0.15, -0.1) is 0 Å². The Morgan fingerprint density at radius 2 is 1.62 bits per heavy atom. The number of rotatable bonds is 1. The Balaban J connectivity index is 2.62. The van der Waals surface area contributed by atoms with Crippen LogP contribution in [0.4, 0.5) is 10.1 Å². The summed E-state index contributed by atoms with van der Waals surface area (Å²) in [5, 5.41) is 0. The molecule has 2 aromatic carbocycles. The fourth-order valence-corrected chi connectivity index (χ4v) is 1.86. The maximum Gasteiger partial charge on any atom is 0.123 e. The summed E-state index contributed by atoms with van der Waals surface area (Å²) in [6.45, 7) is 3.93. The van der Waals surface area contributed by atoms with E-state index in [1.807, 2.05) is 32.0 Å². The Bertz CT molecular complexity index is 532. The van der Waals surface area contributed by atoms with Crippen LogP contribution < -0.4 is 5.73 Å². The number of nitrogens with two attached hydrogens (primary N) is 1. The third-order valence-corrected chi connectivity index (χ3v) is 2.74. The van der Waals surface area contributed by atoms with Crippen LogP contribution in [-0.2, 0) is 0 Å². The Morgan fingerprint density at radius 1 is 0.875 bits per heavy atom. The molecule has 82 valence electrons. The minimum absolute atomic E-state index is 0.206. The molecule has 0 bridgehead atoms. The van der Waals surface area contributed by atoms with Crippen LogP contribution >= 0.6 is 0 Å². The molecule has 2 rings (SSSR count). The van der Waals surface area contributed by atoms with Gasteiger partial charge in [-0.2, -0.15) is 0 Å². The molecule has 0 aliphatic heterocycles. The summed E-state index contributed by atoms with van der Waals surface area (Å²) < 4.78 is 13.0. The number of hydrogen-bond acceptors (Lipinski definition) is 1. The van der Waals surface area contributed by atoms with Crippen molar-refractivity contribution in [3.05, 3.63) is 53.3 Å². The third kappa shape index (κ3) is 1.91. The lowest BCUT2D eigenvalue weighted by atomic mass is 9.96. The van der Waals surface area contributed by atoms with E-state index < -0.39 is 0 Å². The van der Waals surface area contributed by atoms with Crippen molar-refractivity contribution in [1.29, 1.82) is 0 Å². The zero-order chi connectivity index (χ0) is 11.7. The van der Waals surface area contributed by atoms with Crippen LogP contribution in [0.3, 0.4) is 0 Å². The van der Waals surface area contributed by atoms with Crippen LogP contribution in [0.5, 0.6) is 0 Å². The van der Waals surface area contributed by atoms with Gasteiger partial charge in [0.25, 0.3) is 0 Å². The average Bonchev–Trinajstić information content (AvgIpc) is 2.22. The van der Waals surface area contributed by atoms with E-state index in [-0.39, 0.29) is 5.82 Å². The van der Waals surface area contributed by atoms with Gasteiger partial charge in [-0.1, -0.05) is 12.1 Å². The van der Waals surface area contributed by atoms with Crippen molar-refractivity contribution in [2.24, 2.45) is 0 Å². The SMILES string of the molecule is Cc1cc(F)ccc1-c1cc(N)ccc1C. The zero-order valence-corrected chi connectivity index (χ0v) is 9.42. The molecule has 0 aromatic heterocycles. The van der Waals surface area contributed by atoms with E-state index in [1.165, 1.54) is 12.1 Å². The summed E-state index contributed by atoms with van der Waals surface area (Å²) in [6, 6.07) is 10.6. The van der Waals surface area contributed by atoms with E-state index in [1.54, 1.807) is 6.07 Å². The molecule has 0 heterocycles. The maximum atomic E-state index is 13.0. The molecule has 0 amide bonds. The highest BCUT2D eigenvalue weighted by Crippen LogP contribution is 2.28. The van der Waals surface area contributed by atoms with Crippen molar-refractivity contribution in [3.8, 4) is 11.1 Å². The monoisotopic (exact) mass is 215 g/mol. The highest BCUT2D eigenvalue weighted by molar-refractivity contribution is 5.73. The molecule has 0 radical (unpaired) electrons. The van der Waals surface area contributed by atoms with Gasteiger partial charge in [-0.25, -0.2) is 4.39 Å². The molecule has 2 N–H and O–H groups in total. The van der Waals surface area contributed by atoms with Crippen LogP contribution in [0.1, 0.15) is 11.1 Å². The van der Waals surface area contributed by atoms with Crippen molar-refractivity contribution < 1.29 is 4.39 Å². The van der Waals surface area contributed by atoms with Gasteiger partial charge in [0.15, 0.2) is 0 Å². The van der Waals surface area contributed by atoms with Crippen LogP contribution in [0.25, 0.3) is 11.1 Å². The second-order valence-corrected chi connectivity index (χ2v) is 4.03. The van der Waals surface area contributed by atoms with Crippen molar-refractivity contribution in [2.75, 3.05) is 5.73 Å². The molecule has 16 heavy (non-hydrogen) atoms. The number of halogens is 1. The lowest BCUT2D eigenvalue weighted by Gasteiger charge is -2.10. The van der Waals surface area contributed by atoms with Crippen LogP contribution in [0.15, 0.2) is 36.4 Å². The Labute approximate surface area is 94.7 Å². The van der Waals surface area contributed by atoms with Gasteiger partial charge in [-0.3, -0.25) is 0 Å². The first-order valence-electron chi connectivity index (χ1n) is 5.20. The van der Waals surface area contributed by atoms with Gasteiger partial charge < -0.3 is 5.73 Å². The van der Waals surface area contributed by atoms with Crippen molar-refractivity contribution in [3.63, 3.8) is 0 Å². The predicted octanol–water partition coefficient (Wildman–Crippen LogP) is 3.69. The largest absolute Gasteiger partial charge is 0.399 e. The Hall–Kier alpha value is -1.83. The molecule has 0 saturated heterocycles. The van der Waals surface area contributed by atoms with Gasteiger partial charge >= 0.3 is 0 Å². The Kier molecular flexibility index (Phi) is 2.65. The number of hydrogen-bond donors (Lipinski definition) is 1. The highest BCUT2D eigenvalue weighted by Gasteiger charge is 2.06. The van der Waals surface area contributed by atoms with E-state index in [0.29, 0.717) is 0 Å². The summed E-state index contributed by atoms with van der Waals surface area (Å²) in [7, 11) is 0. The van der Waals surface area contributed by atoms with Crippen molar-refractivity contribution in [2.45, 2.75) is 13.8 Å². The van der Waals surface area contributed by atoms with Gasteiger partial charge in [0.1, 0.15) is 5.82 Å². The molecule has 0 aliphatic carbocycles. The van der Waals surface area contributed by atoms with Crippen LogP contribution in [0, 0.1) is 19.7 Å². The number of aryl methyl sites for hydroxylation is 2. The summed E-state index contributed by atoms with van der Waals surface area (Å²) in [4.78, 5) is 0. The fraction of sp³-hybridized carbons (Fsp3) is 0.143. The van der Waals surface area contributed by atoms with Crippen molar-refractivity contribution in [1.82, 2.24) is 0 Å². The van der Waals surface area contributed by atoms with E-state index >= 15 is 0 Å². The van der Waals surface area contributed by atoms with E-state index in [9.17, 15) is 4.39 Å². The molecular weight excluding hydrogens is 201 g/mol. The van der Waals surface area contributed by atoms with Crippen LogP contribution in [0.2, 0.25) is 0 Å². The quantitative estimate of drug-likeness (QED) is 0.721. The molecule has 0 fully saturated rings.